The summed E-state index contributed by atoms with van der Waals surface area (Å²) in [4.78, 5) is 0. The quantitative estimate of drug-likeness (QED) is 0.769. The van der Waals surface area contributed by atoms with Crippen molar-refractivity contribution in [1.82, 2.24) is 5.32 Å². The van der Waals surface area contributed by atoms with Crippen LogP contribution in [0.2, 0.25) is 0 Å². The maximum Gasteiger partial charge on any atom is 0.123 e. The largest absolute Gasteiger partial charge is 0.494 e. The van der Waals surface area contributed by atoms with Crippen LogP contribution in [0.25, 0.3) is 0 Å². The predicted molar refractivity (Wildman–Crippen MR) is 76.5 cm³/mol. The molecule has 0 fully saturated rings. The molecule has 0 atom stereocenters. The van der Waals surface area contributed by atoms with Crippen LogP contribution in [0.1, 0.15) is 32.8 Å². The second kappa shape index (κ2) is 7.72. The Hall–Kier alpha value is -0.540. The van der Waals surface area contributed by atoms with Crippen LogP contribution in [0.4, 0.5) is 0 Å². The monoisotopic (exact) mass is 299 g/mol. The van der Waals surface area contributed by atoms with Crippen molar-refractivity contribution < 1.29 is 4.74 Å². The fourth-order valence-electron chi connectivity index (χ4n) is 1.60. The summed E-state index contributed by atoms with van der Waals surface area (Å²) in [5.41, 5.74) is 1.21. The lowest BCUT2D eigenvalue weighted by molar-refractivity contribution is 0.335. The van der Waals surface area contributed by atoms with Gasteiger partial charge in [0.2, 0.25) is 0 Å². The lowest BCUT2D eigenvalue weighted by atomic mass is 10.1. The third kappa shape index (κ3) is 5.55. The maximum atomic E-state index is 5.61. The third-order valence-corrected chi connectivity index (χ3v) is 3.03. The molecule has 17 heavy (non-hydrogen) atoms. The van der Waals surface area contributed by atoms with Crippen LogP contribution in [0, 0.1) is 5.92 Å². The van der Waals surface area contributed by atoms with Gasteiger partial charge in [-0.15, -0.1) is 0 Å². The number of benzene rings is 1. The van der Waals surface area contributed by atoms with Gasteiger partial charge in [-0.25, -0.2) is 0 Å². The molecule has 0 amide bonds. The molecule has 96 valence electrons. The molecule has 1 N–H and O–H groups in total. The molecule has 0 heterocycles. The molecule has 0 aliphatic carbocycles. The van der Waals surface area contributed by atoms with E-state index in [4.69, 9.17) is 4.74 Å². The highest BCUT2D eigenvalue weighted by Gasteiger charge is 2.04. The van der Waals surface area contributed by atoms with Crippen LogP contribution in [-0.2, 0) is 6.54 Å². The zero-order valence-corrected chi connectivity index (χ0v) is 12.5. The fraction of sp³-hybridized carbons (Fsp3) is 0.571. The van der Waals surface area contributed by atoms with E-state index in [0.29, 0.717) is 6.61 Å². The molecule has 0 saturated heterocycles. The van der Waals surface area contributed by atoms with Gasteiger partial charge in [0.05, 0.1) is 6.61 Å². The van der Waals surface area contributed by atoms with E-state index in [1.807, 2.05) is 19.1 Å². The summed E-state index contributed by atoms with van der Waals surface area (Å²) in [6.45, 7) is 9.12. The van der Waals surface area contributed by atoms with Gasteiger partial charge in [-0.05, 0) is 44.0 Å². The minimum absolute atomic E-state index is 0.709. The molecule has 0 aromatic heterocycles. The molecular weight excluding hydrogens is 278 g/mol. The van der Waals surface area contributed by atoms with Crippen molar-refractivity contribution in [2.45, 2.75) is 33.7 Å². The van der Waals surface area contributed by atoms with Crippen molar-refractivity contribution in [3.63, 3.8) is 0 Å². The molecule has 1 aromatic carbocycles. The van der Waals surface area contributed by atoms with E-state index < -0.39 is 0 Å². The highest BCUT2D eigenvalue weighted by molar-refractivity contribution is 9.10. The van der Waals surface area contributed by atoms with Crippen molar-refractivity contribution >= 4 is 15.9 Å². The normalized spacial score (nSPS) is 10.9. The molecule has 0 aliphatic heterocycles. The Balaban J connectivity index is 2.52. The van der Waals surface area contributed by atoms with Crippen molar-refractivity contribution in [2.75, 3.05) is 13.2 Å². The Labute approximate surface area is 113 Å². The number of rotatable bonds is 7. The van der Waals surface area contributed by atoms with Gasteiger partial charge in [-0.3, -0.25) is 0 Å². The Bertz CT molecular complexity index is 339. The van der Waals surface area contributed by atoms with Gasteiger partial charge in [0.25, 0.3) is 0 Å². The van der Waals surface area contributed by atoms with Gasteiger partial charge in [0.1, 0.15) is 5.75 Å². The molecular formula is C14H22BrNO. The fourth-order valence-corrected chi connectivity index (χ4v) is 2.00. The van der Waals surface area contributed by atoms with E-state index in [1.165, 1.54) is 12.0 Å². The second-order valence-electron chi connectivity index (χ2n) is 4.54. The van der Waals surface area contributed by atoms with E-state index in [2.05, 4.69) is 41.2 Å². The summed E-state index contributed by atoms with van der Waals surface area (Å²) in [6.07, 6.45) is 1.21. The molecule has 3 heteroatoms. The molecule has 0 unspecified atom stereocenters. The molecule has 1 aromatic rings. The molecule has 0 aliphatic rings. The van der Waals surface area contributed by atoms with E-state index in [1.54, 1.807) is 0 Å². The summed E-state index contributed by atoms with van der Waals surface area (Å²) in [5.74, 6) is 1.73. The number of nitrogens with one attached hydrogen (secondary N) is 1. The smallest absolute Gasteiger partial charge is 0.123 e. The Morgan fingerprint density at radius 1 is 1.35 bits per heavy atom. The zero-order chi connectivity index (χ0) is 12.7. The topological polar surface area (TPSA) is 21.3 Å². The molecule has 0 saturated carbocycles. The van der Waals surface area contributed by atoms with Crippen molar-refractivity contribution in [3.05, 3.63) is 28.2 Å². The minimum atomic E-state index is 0.709. The van der Waals surface area contributed by atoms with E-state index in [9.17, 15) is 0 Å². The van der Waals surface area contributed by atoms with Crippen LogP contribution >= 0.6 is 15.9 Å². The third-order valence-electron chi connectivity index (χ3n) is 2.54. The second-order valence-corrected chi connectivity index (χ2v) is 5.46. The summed E-state index contributed by atoms with van der Waals surface area (Å²) in [5, 5.41) is 3.46. The van der Waals surface area contributed by atoms with E-state index >= 15 is 0 Å². The minimum Gasteiger partial charge on any atom is -0.494 e. The predicted octanol–water partition coefficient (Wildman–Crippen LogP) is 3.98. The van der Waals surface area contributed by atoms with Gasteiger partial charge < -0.3 is 10.1 Å². The molecule has 0 radical (unpaired) electrons. The number of ether oxygens (including phenoxy) is 1. The highest BCUT2D eigenvalue weighted by atomic mass is 79.9. The number of hydrogen-bond donors (Lipinski definition) is 1. The zero-order valence-electron chi connectivity index (χ0n) is 10.9. The first-order valence-electron chi connectivity index (χ1n) is 6.25. The first-order valence-corrected chi connectivity index (χ1v) is 7.04. The summed E-state index contributed by atoms with van der Waals surface area (Å²) in [6, 6.07) is 6.16. The van der Waals surface area contributed by atoms with E-state index in [0.717, 1.165) is 29.2 Å². The van der Waals surface area contributed by atoms with Crippen molar-refractivity contribution in [1.29, 1.82) is 0 Å². The van der Waals surface area contributed by atoms with Crippen molar-refractivity contribution in [2.24, 2.45) is 5.92 Å². The molecule has 0 bridgehead atoms. The number of halogens is 1. The van der Waals surface area contributed by atoms with Crippen LogP contribution in [-0.4, -0.2) is 13.2 Å². The van der Waals surface area contributed by atoms with Crippen LogP contribution in [0.5, 0.6) is 5.75 Å². The van der Waals surface area contributed by atoms with Gasteiger partial charge in [-0.2, -0.15) is 0 Å². The summed E-state index contributed by atoms with van der Waals surface area (Å²) >= 11 is 3.50. The Kier molecular flexibility index (Phi) is 6.60. The van der Waals surface area contributed by atoms with Gasteiger partial charge >= 0.3 is 0 Å². The average molecular weight is 300 g/mol. The van der Waals surface area contributed by atoms with Crippen LogP contribution in [0.15, 0.2) is 22.7 Å². The van der Waals surface area contributed by atoms with E-state index in [-0.39, 0.29) is 0 Å². The molecule has 0 spiro atoms. The average Bonchev–Trinajstić information content (AvgIpc) is 2.28. The Morgan fingerprint density at radius 2 is 2.12 bits per heavy atom. The van der Waals surface area contributed by atoms with Crippen molar-refractivity contribution in [3.8, 4) is 5.75 Å². The van der Waals surface area contributed by atoms with Gasteiger partial charge in [0.15, 0.2) is 0 Å². The number of hydrogen-bond acceptors (Lipinski definition) is 2. The lowest BCUT2D eigenvalue weighted by Crippen LogP contribution is -2.17. The Morgan fingerprint density at radius 3 is 2.76 bits per heavy atom. The SMILES string of the molecule is CCOc1ccc(Br)cc1CNCCC(C)C. The molecule has 1 rings (SSSR count). The van der Waals surface area contributed by atoms with Crippen LogP contribution in [0.3, 0.4) is 0 Å². The highest BCUT2D eigenvalue weighted by Crippen LogP contribution is 2.23. The van der Waals surface area contributed by atoms with Gasteiger partial charge in [0, 0.05) is 16.6 Å². The van der Waals surface area contributed by atoms with Gasteiger partial charge in [-0.1, -0.05) is 29.8 Å². The van der Waals surface area contributed by atoms with Crippen LogP contribution < -0.4 is 10.1 Å². The maximum absolute atomic E-state index is 5.61. The summed E-state index contributed by atoms with van der Waals surface area (Å²) in [7, 11) is 0. The first kappa shape index (κ1) is 14.5. The molecule has 2 nitrogen and oxygen atoms in total. The summed E-state index contributed by atoms with van der Waals surface area (Å²) < 4.78 is 6.71. The lowest BCUT2D eigenvalue weighted by Gasteiger charge is -2.12. The standard InChI is InChI=1S/C14H22BrNO/c1-4-17-14-6-5-13(15)9-12(14)10-16-8-7-11(2)3/h5-6,9,11,16H,4,7-8,10H2,1-3H3. The first-order chi connectivity index (χ1) is 8.13.